The van der Waals surface area contributed by atoms with Crippen molar-refractivity contribution in [1.29, 1.82) is 0 Å². The molecule has 2 heterocycles. The molecule has 1 aliphatic rings. The van der Waals surface area contributed by atoms with Crippen LogP contribution in [-0.2, 0) is 10.0 Å². The number of sulfonamides is 1. The number of hydrogen-bond donors (Lipinski definition) is 3. The van der Waals surface area contributed by atoms with E-state index in [4.69, 9.17) is 11.6 Å². The van der Waals surface area contributed by atoms with Gasteiger partial charge in [-0.15, -0.1) is 11.3 Å². The zero-order chi connectivity index (χ0) is 14.0. The third-order valence-electron chi connectivity index (χ3n) is 3.28. The molecule has 3 N–H and O–H groups in total. The van der Waals surface area contributed by atoms with Crippen molar-refractivity contribution in [2.24, 2.45) is 5.92 Å². The lowest BCUT2D eigenvalue weighted by Gasteiger charge is -2.31. The Labute approximate surface area is 122 Å². The maximum absolute atomic E-state index is 12.1. The van der Waals surface area contributed by atoms with Crippen LogP contribution in [0.4, 0.5) is 0 Å². The summed E-state index contributed by atoms with van der Waals surface area (Å²) in [6, 6.07) is 2.85. The molecule has 1 aromatic heterocycles. The van der Waals surface area contributed by atoms with Crippen molar-refractivity contribution in [3.05, 3.63) is 16.5 Å². The predicted molar refractivity (Wildman–Crippen MR) is 75.8 cm³/mol. The standard InChI is InChI=1S/C11H17ClN2O3S2/c1-7(8-4-5-13-10(15)6-8)14-19(16,17)11-3-2-9(12)18-11/h2-3,7-8,10,13-15H,4-6H2,1H3/t7-,8?,10?/m0/s1. The molecule has 1 aliphatic heterocycles. The van der Waals surface area contributed by atoms with E-state index in [2.05, 4.69) is 10.0 Å². The number of nitrogens with one attached hydrogen (secondary N) is 2. The minimum atomic E-state index is -3.52. The molecule has 0 aromatic carbocycles. The van der Waals surface area contributed by atoms with Crippen molar-refractivity contribution in [2.75, 3.05) is 6.54 Å². The van der Waals surface area contributed by atoms with Crippen LogP contribution in [0.3, 0.4) is 0 Å². The molecule has 0 bridgehead atoms. The lowest BCUT2D eigenvalue weighted by Crippen LogP contribution is -2.46. The van der Waals surface area contributed by atoms with Gasteiger partial charge < -0.3 is 5.11 Å². The highest BCUT2D eigenvalue weighted by Crippen LogP contribution is 2.27. The SMILES string of the molecule is C[C@H](NS(=O)(=O)c1ccc(Cl)s1)C1CCNC(O)C1. The molecule has 108 valence electrons. The average Bonchev–Trinajstić information content (AvgIpc) is 2.76. The number of aliphatic hydroxyl groups excluding tert-OH is 1. The molecule has 0 aliphatic carbocycles. The van der Waals surface area contributed by atoms with Crippen molar-refractivity contribution >= 4 is 33.0 Å². The topological polar surface area (TPSA) is 78.4 Å². The van der Waals surface area contributed by atoms with E-state index in [0.717, 1.165) is 17.8 Å². The number of rotatable bonds is 4. The summed E-state index contributed by atoms with van der Waals surface area (Å²) < 4.78 is 27.6. The van der Waals surface area contributed by atoms with E-state index < -0.39 is 16.3 Å². The van der Waals surface area contributed by atoms with Crippen LogP contribution in [0, 0.1) is 5.92 Å². The van der Waals surface area contributed by atoms with E-state index in [1.165, 1.54) is 6.07 Å². The maximum Gasteiger partial charge on any atom is 0.250 e. The van der Waals surface area contributed by atoms with Gasteiger partial charge in [-0.1, -0.05) is 11.6 Å². The van der Waals surface area contributed by atoms with Crippen LogP contribution in [0.15, 0.2) is 16.3 Å². The molecule has 1 fully saturated rings. The maximum atomic E-state index is 12.1. The predicted octanol–water partition coefficient (Wildman–Crippen LogP) is 1.39. The zero-order valence-corrected chi connectivity index (χ0v) is 12.9. The summed E-state index contributed by atoms with van der Waals surface area (Å²) in [5, 5.41) is 12.5. The highest BCUT2D eigenvalue weighted by molar-refractivity contribution is 7.91. The molecular weight excluding hydrogens is 308 g/mol. The fraction of sp³-hybridized carbons (Fsp3) is 0.636. The van der Waals surface area contributed by atoms with Gasteiger partial charge in [-0.2, -0.15) is 0 Å². The molecule has 1 aromatic rings. The van der Waals surface area contributed by atoms with E-state index in [1.54, 1.807) is 6.07 Å². The summed E-state index contributed by atoms with van der Waals surface area (Å²) >= 11 is 6.79. The summed E-state index contributed by atoms with van der Waals surface area (Å²) in [7, 11) is -3.52. The molecule has 0 amide bonds. The number of hydrogen-bond acceptors (Lipinski definition) is 5. The molecule has 0 spiro atoms. The minimum absolute atomic E-state index is 0.126. The quantitative estimate of drug-likeness (QED) is 0.782. The van der Waals surface area contributed by atoms with Crippen LogP contribution in [0.1, 0.15) is 19.8 Å². The summed E-state index contributed by atoms with van der Waals surface area (Å²) in [6.45, 7) is 2.53. The van der Waals surface area contributed by atoms with E-state index >= 15 is 0 Å². The van der Waals surface area contributed by atoms with E-state index in [9.17, 15) is 13.5 Å². The Kier molecular flexibility index (Phi) is 4.86. The second-order valence-electron chi connectivity index (χ2n) is 4.72. The third-order valence-corrected chi connectivity index (χ3v) is 6.56. The summed E-state index contributed by atoms with van der Waals surface area (Å²) in [5.74, 6) is 0.126. The molecule has 19 heavy (non-hydrogen) atoms. The Balaban J connectivity index is 2.03. The Morgan fingerprint density at radius 2 is 2.32 bits per heavy atom. The zero-order valence-electron chi connectivity index (χ0n) is 10.5. The van der Waals surface area contributed by atoms with Crippen molar-refractivity contribution in [3.63, 3.8) is 0 Å². The van der Waals surface area contributed by atoms with Gasteiger partial charge >= 0.3 is 0 Å². The van der Waals surface area contributed by atoms with Gasteiger partial charge in [0.1, 0.15) is 10.4 Å². The van der Waals surface area contributed by atoms with Gasteiger partial charge in [0, 0.05) is 6.04 Å². The van der Waals surface area contributed by atoms with Gasteiger partial charge in [0.25, 0.3) is 0 Å². The highest BCUT2D eigenvalue weighted by Gasteiger charge is 2.28. The van der Waals surface area contributed by atoms with E-state index in [-0.39, 0.29) is 16.2 Å². The van der Waals surface area contributed by atoms with Gasteiger partial charge in [0.2, 0.25) is 10.0 Å². The summed E-state index contributed by atoms with van der Waals surface area (Å²) in [5.41, 5.74) is 0. The van der Waals surface area contributed by atoms with Gasteiger partial charge in [0.15, 0.2) is 0 Å². The van der Waals surface area contributed by atoms with Gasteiger partial charge in [-0.05, 0) is 44.4 Å². The van der Waals surface area contributed by atoms with Crippen LogP contribution >= 0.6 is 22.9 Å². The molecule has 2 rings (SSSR count). The first kappa shape index (κ1) is 15.2. The Bertz CT molecular complexity index is 532. The first-order valence-electron chi connectivity index (χ1n) is 6.07. The number of aliphatic hydroxyl groups is 1. The lowest BCUT2D eigenvalue weighted by atomic mass is 9.91. The van der Waals surface area contributed by atoms with Gasteiger partial charge in [-0.3, -0.25) is 5.32 Å². The average molecular weight is 325 g/mol. The highest BCUT2D eigenvalue weighted by atomic mass is 35.5. The normalized spacial score (nSPS) is 26.3. The molecule has 2 unspecified atom stereocenters. The van der Waals surface area contributed by atoms with Crippen molar-refractivity contribution < 1.29 is 13.5 Å². The Morgan fingerprint density at radius 3 is 2.89 bits per heavy atom. The van der Waals surface area contributed by atoms with Gasteiger partial charge in [0.05, 0.1) is 4.34 Å². The van der Waals surface area contributed by atoms with Crippen LogP contribution in [0.5, 0.6) is 0 Å². The Morgan fingerprint density at radius 1 is 1.58 bits per heavy atom. The fourth-order valence-electron chi connectivity index (χ4n) is 2.22. The van der Waals surface area contributed by atoms with Crippen LogP contribution in [0.2, 0.25) is 4.34 Å². The molecule has 1 saturated heterocycles. The monoisotopic (exact) mass is 324 g/mol. The first-order chi connectivity index (χ1) is 8.88. The van der Waals surface area contributed by atoms with E-state index in [1.807, 2.05) is 6.92 Å². The summed E-state index contributed by atoms with van der Waals surface area (Å²) in [4.78, 5) is 0. The first-order valence-corrected chi connectivity index (χ1v) is 8.75. The van der Waals surface area contributed by atoms with Crippen molar-refractivity contribution in [3.8, 4) is 0 Å². The third kappa shape index (κ3) is 3.90. The molecular formula is C11H17ClN2O3S2. The van der Waals surface area contributed by atoms with Crippen LogP contribution in [0.25, 0.3) is 0 Å². The summed E-state index contributed by atoms with van der Waals surface area (Å²) in [6.07, 6.45) is 0.836. The largest absolute Gasteiger partial charge is 0.379 e. The van der Waals surface area contributed by atoms with Gasteiger partial charge in [-0.25, -0.2) is 13.1 Å². The second kappa shape index (κ2) is 6.07. The lowest BCUT2D eigenvalue weighted by molar-refractivity contribution is 0.0735. The number of piperidine rings is 1. The molecule has 3 atom stereocenters. The Hall–Kier alpha value is -0.180. The number of thiophene rings is 1. The molecule has 5 nitrogen and oxygen atoms in total. The minimum Gasteiger partial charge on any atom is -0.379 e. The smallest absolute Gasteiger partial charge is 0.250 e. The molecule has 0 saturated carbocycles. The van der Waals surface area contributed by atoms with E-state index in [0.29, 0.717) is 17.3 Å². The van der Waals surface area contributed by atoms with Crippen molar-refractivity contribution in [2.45, 2.75) is 36.2 Å². The van der Waals surface area contributed by atoms with Crippen LogP contribution < -0.4 is 10.0 Å². The second-order valence-corrected chi connectivity index (χ2v) is 8.38. The molecule has 8 heteroatoms. The fourth-order valence-corrected chi connectivity index (χ4v) is 5.03. The number of halogens is 1. The van der Waals surface area contributed by atoms with Crippen molar-refractivity contribution in [1.82, 2.24) is 10.0 Å². The van der Waals surface area contributed by atoms with Crippen LogP contribution in [-0.4, -0.2) is 32.3 Å². The molecule has 0 radical (unpaired) electrons.